The molecule has 188 valence electrons. The highest BCUT2D eigenvalue weighted by molar-refractivity contribution is 5.85. The molecule has 1 aliphatic carbocycles. The lowest BCUT2D eigenvalue weighted by Gasteiger charge is -2.44. The van der Waals surface area contributed by atoms with Crippen molar-refractivity contribution in [1.82, 2.24) is 10.2 Å². The minimum Gasteiger partial charge on any atom is -0.481 e. The standard InChI is InChI=1S/C28H36N2O5/c1-7-30(18(2)16-24(31)32)25(33)27(3,4)28(5,6)29-26(34)35-17-23-21-14-10-8-12-19(21)20-13-9-11-15-22(20)23/h8-15,18,23H,7,16-17H2,1-6H3,(H,29,34)(H,31,32). The first-order chi connectivity index (χ1) is 16.4. The zero-order valence-electron chi connectivity index (χ0n) is 21.4. The smallest absolute Gasteiger partial charge is 0.407 e. The molecule has 2 aromatic carbocycles. The summed E-state index contributed by atoms with van der Waals surface area (Å²) in [5, 5.41) is 12.0. The lowest BCUT2D eigenvalue weighted by Crippen LogP contribution is -2.61. The van der Waals surface area contributed by atoms with E-state index in [2.05, 4.69) is 29.6 Å². The Morgan fingerprint density at radius 1 is 1.00 bits per heavy atom. The molecular weight excluding hydrogens is 444 g/mol. The van der Waals surface area contributed by atoms with Crippen molar-refractivity contribution >= 4 is 18.0 Å². The van der Waals surface area contributed by atoms with Gasteiger partial charge in [-0.3, -0.25) is 9.59 Å². The normalized spacial score (nSPS) is 14.0. The number of ether oxygens (including phenoxy) is 1. The van der Waals surface area contributed by atoms with Gasteiger partial charge in [-0.15, -0.1) is 0 Å². The van der Waals surface area contributed by atoms with E-state index in [9.17, 15) is 14.4 Å². The van der Waals surface area contributed by atoms with Crippen LogP contribution in [0.25, 0.3) is 11.1 Å². The zero-order chi connectivity index (χ0) is 26.0. The second kappa shape index (κ2) is 10.1. The zero-order valence-corrected chi connectivity index (χ0v) is 21.4. The van der Waals surface area contributed by atoms with Gasteiger partial charge < -0.3 is 20.1 Å². The average Bonchev–Trinajstić information content (AvgIpc) is 3.11. The topological polar surface area (TPSA) is 95.9 Å². The van der Waals surface area contributed by atoms with Crippen LogP contribution in [0.15, 0.2) is 48.5 Å². The van der Waals surface area contributed by atoms with Crippen LogP contribution in [0.2, 0.25) is 0 Å². The van der Waals surface area contributed by atoms with Gasteiger partial charge in [-0.05, 0) is 63.8 Å². The van der Waals surface area contributed by atoms with E-state index in [1.165, 1.54) is 0 Å². The summed E-state index contributed by atoms with van der Waals surface area (Å²) in [6, 6.07) is 15.8. The predicted octanol–water partition coefficient (Wildman–Crippen LogP) is 5.04. The van der Waals surface area contributed by atoms with Gasteiger partial charge in [0, 0.05) is 18.5 Å². The number of amides is 2. The van der Waals surface area contributed by atoms with Crippen molar-refractivity contribution in [2.75, 3.05) is 13.2 Å². The fraction of sp³-hybridized carbons (Fsp3) is 0.464. The SMILES string of the molecule is CCN(C(=O)C(C)(C)C(C)(C)NC(=O)OCC1c2ccccc2-c2ccccc21)C(C)CC(=O)O. The van der Waals surface area contributed by atoms with Crippen LogP contribution in [0.3, 0.4) is 0 Å². The highest BCUT2D eigenvalue weighted by atomic mass is 16.5. The van der Waals surface area contributed by atoms with Gasteiger partial charge in [-0.25, -0.2) is 4.79 Å². The van der Waals surface area contributed by atoms with Crippen LogP contribution >= 0.6 is 0 Å². The molecule has 0 aliphatic heterocycles. The highest BCUT2D eigenvalue weighted by Gasteiger charge is 2.47. The third-order valence-corrected chi connectivity index (χ3v) is 7.46. The van der Waals surface area contributed by atoms with Crippen molar-refractivity contribution in [2.24, 2.45) is 5.41 Å². The molecular formula is C28H36N2O5. The van der Waals surface area contributed by atoms with E-state index in [1.54, 1.807) is 39.5 Å². The fourth-order valence-corrected chi connectivity index (χ4v) is 4.69. The average molecular weight is 481 g/mol. The van der Waals surface area contributed by atoms with E-state index in [0.29, 0.717) is 6.54 Å². The quantitative estimate of drug-likeness (QED) is 0.524. The van der Waals surface area contributed by atoms with Crippen LogP contribution in [-0.4, -0.2) is 52.7 Å². The first kappa shape index (κ1) is 26.3. The summed E-state index contributed by atoms with van der Waals surface area (Å²) in [7, 11) is 0. The lowest BCUT2D eigenvalue weighted by atomic mass is 9.73. The van der Waals surface area contributed by atoms with E-state index >= 15 is 0 Å². The third kappa shape index (κ3) is 5.19. The number of rotatable bonds is 9. The number of aliphatic carboxylic acids is 1. The molecule has 0 aromatic heterocycles. The fourth-order valence-electron chi connectivity index (χ4n) is 4.69. The molecule has 0 saturated carbocycles. The van der Waals surface area contributed by atoms with E-state index in [4.69, 9.17) is 9.84 Å². The highest BCUT2D eigenvalue weighted by Crippen LogP contribution is 2.44. The number of carboxylic acids is 1. The number of fused-ring (bicyclic) bond motifs is 3. The number of carbonyl (C=O) groups is 3. The van der Waals surface area contributed by atoms with Crippen molar-refractivity contribution in [3.05, 3.63) is 59.7 Å². The Balaban J connectivity index is 1.70. The van der Waals surface area contributed by atoms with Gasteiger partial charge >= 0.3 is 12.1 Å². The lowest BCUT2D eigenvalue weighted by molar-refractivity contribution is -0.148. The largest absolute Gasteiger partial charge is 0.481 e. The Morgan fingerprint density at radius 2 is 1.51 bits per heavy atom. The molecule has 1 atom stereocenters. The maximum atomic E-state index is 13.4. The molecule has 2 aromatic rings. The van der Waals surface area contributed by atoms with Crippen LogP contribution in [-0.2, 0) is 14.3 Å². The van der Waals surface area contributed by atoms with Crippen molar-refractivity contribution in [3.63, 3.8) is 0 Å². The summed E-state index contributed by atoms with van der Waals surface area (Å²) in [6.45, 7) is 11.2. The molecule has 0 saturated heterocycles. The van der Waals surface area contributed by atoms with Gasteiger partial charge in [0.05, 0.1) is 17.4 Å². The number of benzene rings is 2. The maximum absolute atomic E-state index is 13.4. The minimum absolute atomic E-state index is 0.0571. The van der Waals surface area contributed by atoms with Crippen LogP contribution < -0.4 is 5.32 Å². The molecule has 35 heavy (non-hydrogen) atoms. The van der Waals surface area contributed by atoms with Crippen LogP contribution in [0.1, 0.15) is 65.0 Å². The van der Waals surface area contributed by atoms with Gasteiger partial charge in [0.1, 0.15) is 6.61 Å². The summed E-state index contributed by atoms with van der Waals surface area (Å²) in [4.78, 5) is 39.0. The van der Waals surface area contributed by atoms with E-state index in [0.717, 1.165) is 22.3 Å². The number of carbonyl (C=O) groups excluding carboxylic acids is 2. The number of carboxylic acid groups (broad SMARTS) is 1. The van der Waals surface area contributed by atoms with Gasteiger partial charge in [-0.2, -0.15) is 0 Å². The van der Waals surface area contributed by atoms with Crippen LogP contribution in [0.4, 0.5) is 4.79 Å². The van der Waals surface area contributed by atoms with Crippen LogP contribution in [0.5, 0.6) is 0 Å². The second-order valence-electron chi connectivity index (χ2n) is 10.2. The van der Waals surface area contributed by atoms with E-state index < -0.39 is 29.1 Å². The summed E-state index contributed by atoms with van der Waals surface area (Å²) >= 11 is 0. The molecule has 0 heterocycles. The molecule has 2 amide bonds. The van der Waals surface area contributed by atoms with Crippen molar-refractivity contribution in [3.8, 4) is 11.1 Å². The molecule has 3 rings (SSSR count). The minimum atomic E-state index is -1.01. The Kier molecular flexibility index (Phi) is 7.58. The Bertz CT molecular complexity index is 1060. The number of hydrogen-bond donors (Lipinski definition) is 2. The molecule has 2 N–H and O–H groups in total. The number of hydrogen-bond acceptors (Lipinski definition) is 4. The van der Waals surface area contributed by atoms with Crippen LogP contribution in [0, 0.1) is 5.41 Å². The second-order valence-corrected chi connectivity index (χ2v) is 10.2. The van der Waals surface area contributed by atoms with Crippen molar-refractivity contribution < 1.29 is 24.2 Å². The Hall–Kier alpha value is -3.35. The molecule has 1 unspecified atom stereocenters. The predicted molar refractivity (Wildman–Crippen MR) is 135 cm³/mol. The Morgan fingerprint density at radius 3 is 2.00 bits per heavy atom. The van der Waals surface area contributed by atoms with Crippen molar-refractivity contribution in [2.45, 2.75) is 65.5 Å². The van der Waals surface area contributed by atoms with E-state index in [-0.39, 0.29) is 24.9 Å². The summed E-state index contributed by atoms with van der Waals surface area (Å²) < 4.78 is 5.68. The molecule has 0 spiro atoms. The summed E-state index contributed by atoms with van der Waals surface area (Å²) in [6.07, 6.45) is -0.741. The summed E-state index contributed by atoms with van der Waals surface area (Å²) in [5.41, 5.74) is 2.59. The van der Waals surface area contributed by atoms with Gasteiger partial charge in [0.2, 0.25) is 5.91 Å². The molecule has 0 bridgehead atoms. The first-order valence-corrected chi connectivity index (χ1v) is 12.1. The maximum Gasteiger partial charge on any atom is 0.407 e. The van der Waals surface area contributed by atoms with Gasteiger partial charge in [0.15, 0.2) is 0 Å². The molecule has 0 fully saturated rings. The summed E-state index contributed by atoms with van der Waals surface area (Å²) in [5.74, 6) is -1.24. The molecule has 7 nitrogen and oxygen atoms in total. The van der Waals surface area contributed by atoms with Gasteiger partial charge in [-0.1, -0.05) is 48.5 Å². The molecule has 7 heteroatoms. The monoisotopic (exact) mass is 480 g/mol. The third-order valence-electron chi connectivity index (χ3n) is 7.46. The Labute approximate surface area is 207 Å². The number of nitrogens with one attached hydrogen (secondary N) is 1. The number of alkyl carbamates (subject to hydrolysis) is 1. The van der Waals surface area contributed by atoms with Gasteiger partial charge in [0.25, 0.3) is 0 Å². The van der Waals surface area contributed by atoms with E-state index in [1.807, 2.05) is 31.2 Å². The number of nitrogens with zero attached hydrogens (tertiary/aromatic N) is 1. The first-order valence-electron chi connectivity index (χ1n) is 12.1. The van der Waals surface area contributed by atoms with Crippen molar-refractivity contribution in [1.29, 1.82) is 0 Å². The molecule has 0 radical (unpaired) electrons. The molecule has 1 aliphatic rings.